The van der Waals surface area contributed by atoms with E-state index in [0.717, 1.165) is 6.42 Å². The predicted octanol–water partition coefficient (Wildman–Crippen LogP) is 5.41. The van der Waals surface area contributed by atoms with E-state index in [-0.39, 0.29) is 5.43 Å². The van der Waals surface area contributed by atoms with E-state index in [2.05, 4.69) is 0 Å². The van der Waals surface area contributed by atoms with E-state index in [1.807, 2.05) is 13.0 Å². The number of benzene rings is 3. The molecule has 35 heavy (non-hydrogen) atoms. The molecule has 0 amide bonds. The summed E-state index contributed by atoms with van der Waals surface area (Å²) in [6.45, 7) is 3.07. The first kappa shape index (κ1) is 22.5. The van der Waals surface area contributed by atoms with Crippen LogP contribution in [0.1, 0.15) is 29.3 Å². The molecule has 5 rings (SSSR count). The van der Waals surface area contributed by atoms with Crippen molar-refractivity contribution in [2.45, 2.75) is 19.8 Å². The van der Waals surface area contributed by atoms with Gasteiger partial charge < -0.3 is 23.4 Å². The molecule has 3 aromatic carbocycles. The number of esters is 1. The molecule has 0 saturated heterocycles. The molecule has 7 heteroatoms. The summed E-state index contributed by atoms with van der Waals surface area (Å²) in [4.78, 5) is 26.2. The summed E-state index contributed by atoms with van der Waals surface area (Å²) in [5, 5.41) is 0.406. The van der Waals surface area contributed by atoms with Crippen molar-refractivity contribution >= 4 is 16.9 Å². The molecule has 1 aromatic heterocycles. The van der Waals surface area contributed by atoms with Gasteiger partial charge in [-0.25, -0.2) is 4.79 Å². The Morgan fingerprint density at radius 1 is 0.971 bits per heavy atom. The Bertz CT molecular complexity index is 1470. The quantitative estimate of drug-likeness (QED) is 0.284. The maximum absolute atomic E-state index is 13.4. The fraction of sp³-hybridized carbons (Fsp3) is 0.214. The molecule has 0 radical (unpaired) electrons. The number of carbonyl (C=O) groups excluding carboxylic acids is 1. The monoisotopic (exact) mass is 472 g/mol. The maximum Gasteiger partial charge on any atom is 0.347 e. The van der Waals surface area contributed by atoms with Crippen molar-refractivity contribution in [2.75, 3.05) is 20.3 Å². The summed E-state index contributed by atoms with van der Waals surface area (Å²) >= 11 is 0. The zero-order chi connectivity index (χ0) is 24.4. The van der Waals surface area contributed by atoms with E-state index in [1.54, 1.807) is 48.5 Å². The molecule has 1 aliphatic rings. The molecule has 0 spiro atoms. The molecule has 0 atom stereocenters. The molecule has 0 N–H and O–H groups in total. The van der Waals surface area contributed by atoms with Crippen LogP contribution in [-0.2, 0) is 6.42 Å². The molecule has 7 nitrogen and oxygen atoms in total. The minimum atomic E-state index is -0.553. The van der Waals surface area contributed by atoms with Gasteiger partial charge in [-0.15, -0.1) is 0 Å². The van der Waals surface area contributed by atoms with Crippen LogP contribution in [0.15, 0.2) is 70.1 Å². The third-order valence-electron chi connectivity index (χ3n) is 5.92. The van der Waals surface area contributed by atoms with Crippen LogP contribution in [0.4, 0.5) is 0 Å². The number of ether oxygens (including phenoxy) is 4. The number of rotatable bonds is 5. The normalized spacial score (nSPS) is 12.7. The summed E-state index contributed by atoms with van der Waals surface area (Å²) in [6.07, 6.45) is 2.77. The third-order valence-corrected chi connectivity index (χ3v) is 5.92. The van der Waals surface area contributed by atoms with Crippen LogP contribution >= 0.6 is 0 Å². The van der Waals surface area contributed by atoms with E-state index in [1.165, 1.54) is 13.4 Å². The fourth-order valence-corrected chi connectivity index (χ4v) is 4.07. The highest BCUT2D eigenvalue weighted by Crippen LogP contribution is 2.34. The Morgan fingerprint density at radius 2 is 1.77 bits per heavy atom. The molecule has 1 aliphatic heterocycles. The standard InChI is InChI=1S/C28H24O7/c1-3-17-13-20-25(15-24(17)35-28(30)19-7-4-5-8-22(19)31-2)34-16-21(27(20)29)18-9-10-23-26(14-18)33-12-6-11-32-23/h4-5,7-10,13-16H,3,6,11-12H2,1-2H3. The molecule has 2 heterocycles. The Labute approximate surface area is 201 Å². The van der Waals surface area contributed by atoms with E-state index in [0.29, 0.717) is 75.9 Å². The van der Waals surface area contributed by atoms with Crippen LogP contribution in [0.25, 0.3) is 22.1 Å². The third kappa shape index (κ3) is 4.33. The smallest absolute Gasteiger partial charge is 0.347 e. The topological polar surface area (TPSA) is 84.2 Å². The van der Waals surface area contributed by atoms with Gasteiger partial charge >= 0.3 is 5.97 Å². The average molecular weight is 472 g/mol. The number of fused-ring (bicyclic) bond motifs is 2. The van der Waals surface area contributed by atoms with Gasteiger partial charge in [-0.1, -0.05) is 25.1 Å². The number of hydrogen-bond acceptors (Lipinski definition) is 7. The Kier molecular flexibility index (Phi) is 6.14. The second-order valence-electron chi connectivity index (χ2n) is 8.09. The maximum atomic E-state index is 13.4. The van der Waals surface area contributed by atoms with E-state index in [4.69, 9.17) is 23.4 Å². The first-order valence-electron chi connectivity index (χ1n) is 11.4. The van der Waals surface area contributed by atoms with E-state index >= 15 is 0 Å². The average Bonchev–Trinajstić information content (AvgIpc) is 3.13. The molecule has 0 unspecified atom stereocenters. The number of aryl methyl sites for hydroxylation is 1. The van der Waals surface area contributed by atoms with Gasteiger partial charge in [-0.05, 0) is 47.9 Å². The molecule has 0 bridgehead atoms. The van der Waals surface area contributed by atoms with Gasteiger partial charge in [0.25, 0.3) is 0 Å². The lowest BCUT2D eigenvalue weighted by atomic mass is 10.0. The summed E-state index contributed by atoms with van der Waals surface area (Å²) in [5.41, 5.74) is 2.25. The molecule has 178 valence electrons. The van der Waals surface area contributed by atoms with Crippen molar-refractivity contribution in [3.05, 3.63) is 82.2 Å². The van der Waals surface area contributed by atoms with Gasteiger partial charge in [0.15, 0.2) is 11.5 Å². The van der Waals surface area contributed by atoms with Crippen LogP contribution in [0, 0.1) is 0 Å². The van der Waals surface area contributed by atoms with E-state index in [9.17, 15) is 9.59 Å². The second kappa shape index (κ2) is 9.54. The predicted molar refractivity (Wildman–Crippen MR) is 131 cm³/mol. The summed E-state index contributed by atoms with van der Waals surface area (Å²) in [6, 6.07) is 15.6. The number of hydrogen-bond donors (Lipinski definition) is 0. The van der Waals surface area contributed by atoms with Crippen molar-refractivity contribution in [2.24, 2.45) is 0 Å². The lowest BCUT2D eigenvalue weighted by Gasteiger charge is -2.13. The molecular formula is C28H24O7. The van der Waals surface area contributed by atoms with Crippen LogP contribution in [0.5, 0.6) is 23.0 Å². The Hall–Kier alpha value is -4.26. The lowest BCUT2D eigenvalue weighted by molar-refractivity contribution is 0.0730. The summed E-state index contributed by atoms with van der Waals surface area (Å²) < 4.78 is 28.2. The van der Waals surface area contributed by atoms with Crippen molar-refractivity contribution in [3.63, 3.8) is 0 Å². The van der Waals surface area contributed by atoms with Crippen LogP contribution in [0.2, 0.25) is 0 Å². The zero-order valence-electron chi connectivity index (χ0n) is 19.5. The van der Waals surface area contributed by atoms with Crippen molar-refractivity contribution in [1.82, 2.24) is 0 Å². The Morgan fingerprint density at radius 3 is 2.57 bits per heavy atom. The number of carbonyl (C=O) groups is 1. The highest BCUT2D eigenvalue weighted by atomic mass is 16.5. The van der Waals surface area contributed by atoms with Crippen LogP contribution < -0.4 is 24.4 Å². The largest absolute Gasteiger partial charge is 0.496 e. The van der Waals surface area contributed by atoms with Gasteiger partial charge in [0.1, 0.15) is 28.9 Å². The highest BCUT2D eigenvalue weighted by molar-refractivity contribution is 5.95. The van der Waals surface area contributed by atoms with Crippen molar-refractivity contribution in [1.29, 1.82) is 0 Å². The lowest BCUT2D eigenvalue weighted by Crippen LogP contribution is -2.12. The molecule has 0 aliphatic carbocycles. The van der Waals surface area contributed by atoms with Gasteiger partial charge in [0.05, 0.1) is 31.3 Å². The SMILES string of the molecule is CCc1cc2c(=O)c(-c3ccc4c(c3)OCCCO4)coc2cc1OC(=O)c1ccccc1OC. The highest BCUT2D eigenvalue weighted by Gasteiger charge is 2.19. The first-order valence-corrected chi connectivity index (χ1v) is 11.4. The minimum absolute atomic E-state index is 0.182. The van der Waals surface area contributed by atoms with E-state index < -0.39 is 5.97 Å². The van der Waals surface area contributed by atoms with Crippen LogP contribution in [0.3, 0.4) is 0 Å². The van der Waals surface area contributed by atoms with Gasteiger partial charge in [-0.3, -0.25) is 4.79 Å². The number of para-hydroxylation sites is 1. The number of methoxy groups -OCH3 is 1. The first-order chi connectivity index (χ1) is 17.1. The molecule has 0 fully saturated rings. The van der Waals surface area contributed by atoms with Crippen LogP contribution in [-0.4, -0.2) is 26.3 Å². The van der Waals surface area contributed by atoms with Crippen molar-refractivity contribution in [3.8, 4) is 34.1 Å². The van der Waals surface area contributed by atoms with Gasteiger partial charge in [0.2, 0.25) is 5.43 Å². The zero-order valence-corrected chi connectivity index (χ0v) is 19.5. The van der Waals surface area contributed by atoms with Gasteiger partial charge in [-0.2, -0.15) is 0 Å². The fourth-order valence-electron chi connectivity index (χ4n) is 4.07. The molecule has 4 aromatic rings. The summed E-state index contributed by atoms with van der Waals surface area (Å²) in [7, 11) is 1.50. The second-order valence-corrected chi connectivity index (χ2v) is 8.09. The molecule has 0 saturated carbocycles. The van der Waals surface area contributed by atoms with Crippen molar-refractivity contribution < 1.29 is 28.2 Å². The Balaban J connectivity index is 1.53. The summed E-state index contributed by atoms with van der Waals surface area (Å²) in [5.74, 6) is 1.46. The molecular weight excluding hydrogens is 448 g/mol. The van der Waals surface area contributed by atoms with Gasteiger partial charge in [0, 0.05) is 12.5 Å². The minimum Gasteiger partial charge on any atom is -0.496 e.